The minimum absolute atomic E-state index is 0.0709. The van der Waals surface area contributed by atoms with E-state index in [1.807, 2.05) is 51.1 Å². The highest BCUT2D eigenvalue weighted by molar-refractivity contribution is 5.88. The Morgan fingerprint density at radius 3 is 2.45 bits per heavy atom. The van der Waals surface area contributed by atoms with Gasteiger partial charge in [-0.3, -0.25) is 4.79 Å². The molecule has 9 heteroatoms. The van der Waals surface area contributed by atoms with Crippen molar-refractivity contribution in [2.24, 2.45) is 5.92 Å². The van der Waals surface area contributed by atoms with Crippen LogP contribution in [0.5, 0.6) is 5.75 Å². The van der Waals surface area contributed by atoms with Gasteiger partial charge in [0.15, 0.2) is 5.69 Å². The van der Waals surface area contributed by atoms with Crippen molar-refractivity contribution in [1.29, 1.82) is 0 Å². The van der Waals surface area contributed by atoms with Crippen LogP contribution in [0, 0.1) is 5.92 Å². The lowest BCUT2D eigenvalue weighted by atomic mass is 9.92. The summed E-state index contributed by atoms with van der Waals surface area (Å²) in [5.41, 5.74) is -0.697. The quantitative estimate of drug-likeness (QED) is 0.651. The molecule has 2 heterocycles. The van der Waals surface area contributed by atoms with Gasteiger partial charge in [0.1, 0.15) is 18.0 Å². The van der Waals surface area contributed by atoms with Crippen molar-refractivity contribution in [2.45, 2.75) is 58.7 Å². The van der Waals surface area contributed by atoms with Crippen molar-refractivity contribution >= 4 is 12.1 Å². The molecule has 0 radical (unpaired) electrons. The maximum atomic E-state index is 12.5. The highest BCUT2D eigenvalue weighted by Crippen LogP contribution is 2.23. The van der Waals surface area contributed by atoms with Gasteiger partial charge < -0.3 is 24.5 Å². The number of hydrogen-bond acceptors (Lipinski definition) is 6. The van der Waals surface area contributed by atoms with E-state index in [9.17, 15) is 19.5 Å². The third kappa shape index (κ3) is 7.06. The van der Waals surface area contributed by atoms with Crippen LogP contribution in [0.25, 0.3) is 0 Å². The summed E-state index contributed by atoms with van der Waals surface area (Å²) < 4.78 is 10.9. The summed E-state index contributed by atoms with van der Waals surface area (Å²) in [7, 11) is 0. The molecule has 0 saturated carbocycles. The van der Waals surface area contributed by atoms with Crippen molar-refractivity contribution in [3.05, 3.63) is 57.8 Å². The number of benzene rings is 1. The molecular weight excluding hydrogens is 426 g/mol. The Balaban J connectivity index is 1.58. The molecule has 0 atom stereocenters. The summed E-state index contributed by atoms with van der Waals surface area (Å²) in [5.74, 6) is -0.938. The Morgan fingerprint density at radius 1 is 1.18 bits per heavy atom. The number of hydrogen-bond donors (Lipinski definition) is 2. The average molecular weight is 458 g/mol. The molecule has 1 aromatic heterocycles. The van der Waals surface area contributed by atoms with Crippen LogP contribution in [0.2, 0.25) is 0 Å². The number of piperidine rings is 1. The summed E-state index contributed by atoms with van der Waals surface area (Å²) in [4.78, 5) is 44.9. The van der Waals surface area contributed by atoms with Crippen molar-refractivity contribution in [3.63, 3.8) is 0 Å². The molecule has 9 nitrogen and oxygen atoms in total. The van der Waals surface area contributed by atoms with E-state index in [0.717, 1.165) is 24.8 Å². The van der Waals surface area contributed by atoms with Crippen LogP contribution in [0.1, 0.15) is 61.9 Å². The third-order valence-electron chi connectivity index (χ3n) is 5.41. The lowest BCUT2D eigenvalue weighted by Gasteiger charge is -2.33. The number of aryl methyl sites for hydroxylation is 1. The molecule has 1 aliphatic heterocycles. The molecule has 3 rings (SSSR count). The normalized spacial score (nSPS) is 14.7. The maximum absolute atomic E-state index is 12.5. The Labute approximate surface area is 192 Å². The highest BCUT2D eigenvalue weighted by Gasteiger charge is 2.27. The summed E-state index contributed by atoms with van der Waals surface area (Å²) in [5, 5.41) is 9.55. The molecule has 178 valence electrons. The molecule has 0 unspecified atom stereocenters. The van der Waals surface area contributed by atoms with Gasteiger partial charge in [-0.1, -0.05) is 30.3 Å². The molecule has 1 aromatic carbocycles. The Bertz CT molecular complexity index is 1020. The fourth-order valence-corrected chi connectivity index (χ4v) is 3.71. The Kier molecular flexibility index (Phi) is 7.73. The second kappa shape index (κ2) is 10.5. The zero-order chi connectivity index (χ0) is 24.0. The second-order valence-corrected chi connectivity index (χ2v) is 9.22. The molecular formula is C24H31N3O6. The lowest BCUT2D eigenvalue weighted by molar-refractivity contribution is 0.0181. The van der Waals surface area contributed by atoms with E-state index in [2.05, 4.69) is 9.97 Å². The first-order valence-electron chi connectivity index (χ1n) is 11.1. The average Bonchev–Trinajstić information content (AvgIpc) is 2.76. The summed E-state index contributed by atoms with van der Waals surface area (Å²) in [6, 6.07) is 9.17. The minimum atomic E-state index is -1.31. The summed E-state index contributed by atoms with van der Waals surface area (Å²) in [6.45, 7) is 6.81. The zero-order valence-corrected chi connectivity index (χ0v) is 19.3. The van der Waals surface area contributed by atoms with Gasteiger partial charge in [-0.05, 0) is 51.5 Å². The standard InChI is InChI=1S/C24H31N3O6/c1-24(2,3)33-23(31)27-13-11-16(12-14-27)9-10-18-25-19(22(29)30)20(21(28)26-18)32-15-17-7-5-4-6-8-17/h4-8,16H,9-15H2,1-3H3,(H,29,30)(H,25,26,28). The fraction of sp³-hybridized carbons (Fsp3) is 0.500. The highest BCUT2D eigenvalue weighted by atomic mass is 16.6. The Hall–Kier alpha value is -3.36. The monoisotopic (exact) mass is 457 g/mol. The first-order valence-corrected chi connectivity index (χ1v) is 11.1. The number of likely N-dealkylation sites (tertiary alicyclic amines) is 1. The van der Waals surface area contributed by atoms with E-state index in [-0.39, 0.29) is 24.1 Å². The smallest absolute Gasteiger partial charge is 0.410 e. The largest absolute Gasteiger partial charge is 0.481 e. The van der Waals surface area contributed by atoms with Gasteiger partial charge in [0.25, 0.3) is 5.56 Å². The van der Waals surface area contributed by atoms with Crippen LogP contribution in [0.15, 0.2) is 35.1 Å². The van der Waals surface area contributed by atoms with Gasteiger partial charge in [0.05, 0.1) is 0 Å². The Morgan fingerprint density at radius 2 is 1.85 bits per heavy atom. The van der Waals surface area contributed by atoms with Crippen molar-refractivity contribution in [3.8, 4) is 5.75 Å². The third-order valence-corrected chi connectivity index (χ3v) is 5.41. The molecule has 1 amide bonds. The first kappa shape index (κ1) is 24.3. The van der Waals surface area contributed by atoms with E-state index < -0.39 is 17.1 Å². The SMILES string of the molecule is CC(C)(C)OC(=O)N1CCC(CCc2nc(C(=O)O)c(OCc3ccccc3)c(=O)[nH]2)CC1. The number of carbonyl (C=O) groups excluding carboxylic acids is 1. The number of rotatable bonds is 7. The van der Waals surface area contributed by atoms with Gasteiger partial charge in [-0.25, -0.2) is 14.6 Å². The van der Waals surface area contributed by atoms with Gasteiger partial charge in [0, 0.05) is 19.5 Å². The number of aromatic carboxylic acids is 1. The predicted molar refractivity (Wildman–Crippen MR) is 121 cm³/mol. The van der Waals surface area contributed by atoms with E-state index >= 15 is 0 Å². The number of carbonyl (C=O) groups is 2. The van der Waals surface area contributed by atoms with E-state index in [1.165, 1.54) is 0 Å². The fourth-order valence-electron chi connectivity index (χ4n) is 3.71. The van der Waals surface area contributed by atoms with Crippen LogP contribution in [-0.4, -0.2) is 50.7 Å². The lowest BCUT2D eigenvalue weighted by Crippen LogP contribution is -2.41. The van der Waals surface area contributed by atoms with Gasteiger partial charge in [-0.2, -0.15) is 0 Å². The van der Waals surface area contributed by atoms with E-state index in [0.29, 0.717) is 31.3 Å². The number of aromatic amines is 1. The van der Waals surface area contributed by atoms with Crippen LogP contribution in [0.4, 0.5) is 4.79 Å². The molecule has 2 aromatic rings. The molecule has 2 N–H and O–H groups in total. The first-order chi connectivity index (χ1) is 15.6. The number of carboxylic acids is 1. The molecule has 0 bridgehead atoms. The number of aromatic nitrogens is 2. The maximum Gasteiger partial charge on any atom is 0.410 e. The molecule has 1 aliphatic rings. The van der Waals surface area contributed by atoms with Crippen molar-refractivity contribution in [2.75, 3.05) is 13.1 Å². The topological polar surface area (TPSA) is 122 Å². The van der Waals surface area contributed by atoms with Crippen LogP contribution >= 0.6 is 0 Å². The van der Waals surface area contributed by atoms with Crippen molar-refractivity contribution in [1.82, 2.24) is 14.9 Å². The van der Waals surface area contributed by atoms with E-state index in [4.69, 9.17) is 9.47 Å². The number of H-pyrrole nitrogens is 1. The van der Waals surface area contributed by atoms with Gasteiger partial charge in [0.2, 0.25) is 5.75 Å². The number of ether oxygens (including phenoxy) is 2. The molecule has 0 spiro atoms. The molecule has 0 aliphatic carbocycles. The van der Waals surface area contributed by atoms with Crippen LogP contribution < -0.4 is 10.3 Å². The second-order valence-electron chi connectivity index (χ2n) is 9.22. The number of nitrogens with one attached hydrogen (secondary N) is 1. The van der Waals surface area contributed by atoms with Gasteiger partial charge >= 0.3 is 12.1 Å². The van der Waals surface area contributed by atoms with Gasteiger partial charge in [-0.15, -0.1) is 0 Å². The van der Waals surface area contributed by atoms with Crippen molar-refractivity contribution < 1.29 is 24.2 Å². The molecule has 1 fully saturated rings. The number of carboxylic acid groups (broad SMARTS) is 1. The minimum Gasteiger partial charge on any atom is -0.481 e. The summed E-state index contributed by atoms with van der Waals surface area (Å²) in [6.07, 6.45) is 2.49. The number of amides is 1. The van der Waals surface area contributed by atoms with Crippen LogP contribution in [-0.2, 0) is 17.8 Å². The van der Waals surface area contributed by atoms with Crippen LogP contribution in [0.3, 0.4) is 0 Å². The molecule has 1 saturated heterocycles. The van der Waals surface area contributed by atoms with E-state index in [1.54, 1.807) is 4.90 Å². The summed E-state index contributed by atoms with van der Waals surface area (Å²) >= 11 is 0. The predicted octanol–water partition coefficient (Wildman–Crippen LogP) is 3.63. The molecule has 33 heavy (non-hydrogen) atoms. The zero-order valence-electron chi connectivity index (χ0n) is 19.3. The number of nitrogens with zero attached hydrogens (tertiary/aromatic N) is 2.